The number of hydrogen-bond donors (Lipinski definition) is 0. The second-order valence-corrected chi connectivity index (χ2v) is 6.63. The van der Waals surface area contributed by atoms with Gasteiger partial charge in [-0.15, -0.1) is 0 Å². The minimum atomic E-state index is -0.763. The van der Waals surface area contributed by atoms with Crippen LogP contribution in [0.1, 0.15) is 27.8 Å². The Hall–Kier alpha value is -3.52. The summed E-state index contributed by atoms with van der Waals surface area (Å²) in [5.74, 6) is -0.682. The zero-order chi connectivity index (χ0) is 22.5. The standard InChI is InChI=1S/C22H21ClN2O6/c1-5-31-17-12-15(23)14(11-16(17)28-2)19-18(21(26)29-3)20(22(27)30-4)25(24-19)13-9-7-6-8-10-13/h6-12H,5H2,1-4H3. The van der Waals surface area contributed by atoms with Gasteiger partial charge in [0.05, 0.1) is 38.6 Å². The van der Waals surface area contributed by atoms with Crippen LogP contribution in [0.25, 0.3) is 16.9 Å². The van der Waals surface area contributed by atoms with Crippen LogP contribution in [0.4, 0.5) is 0 Å². The van der Waals surface area contributed by atoms with Crippen LogP contribution in [0.3, 0.4) is 0 Å². The predicted octanol–water partition coefficient (Wildman–Crippen LogP) is 4.17. The van der Waals surface area contributed by atoms with Crippen LogP contribution in [0.15, 0.2) is 42.5 Å². The van der Waals surface area contributed by atoms with Crippen LogP contribution in [-0.2, 0) is 9.47 Å². The van der Waals surface area contributed by atoms with Crippen molar-refractivity contribution < 1.29 is 28.5 Å². The lowest BCUT2D eigenvalue weighted by atomic mass is 10.0. The number of para-hydroxylation sites is 1. The minimum Gasteiger partial charge on any atom is -0.493 e. The van der Waals surface area contributed by atoms with Gasteiger partial charge in [0.15, 0.2) is 17.2 Å². The van der Waals surface area contributed by atoms with Crippen molar-refractivity contribution in [2.75, 3.05) is 27.9 Å². The Kier molecular flexibility index (Phi) is 6.81. The van der Waals surface area contributed by atoms with Crippen LogP contribution in [0.2, 0.25) is 5.02 Å². The molecule has 0 unspecified atom stereocenters. The number of ether oxygens (including phenoxy) is 4. The largest absolute Gasteiger partial charge is 0.493 e. The van der Waals surface area contributed by atoms with Gasteiger partial charge in [-0.25, -0.2) is 14.3 Å². The predicted molar refractivity (Wildman–Crippen MR) is 114 cm³/mol. The van der Waals surface area contributed by atoms with Crippen LogP contribution in [-0.4, -0.2) is 49.7 Å². The number of carbonyl (C=O) groups is 2. The molecule has 3 rings (SSSR count). The second kappa shape index (κ2) is 9.53. The first-order valence-electron chi connectivity index (χ1n) is 9.32. The Morgan fingerprint density at radius 1 is 1.00 bits per heavy atom. The summed E-state index contributed by atoms with van der Waals surface area (Å²) < 4.78 is 22.2. The molecule has 0 amide bonds. The fourth-order valence-electron chi connectivity index (χ4n) is 3.09. The van der Waals surface area contributed by atoms with Crippen LogP contribution >= 0.6 is 11.6 Å². The van der Waals surface area contributed by atoms with E-state index in [2.05, 4.69) is 5.10 Å². The fraction of sp³-hybridized carbons (Fsp3) is 0.227. The number of nitrogens with zero attached hydrogens (tertiary/aromatic N) is 2. The number of rotatable bonds is 7. The van der Waals surface area contributed by atoms with E-state index >= 15 is 0 Å². The van der Waals surface area contributed by atoms with Gasteiger partial charge in [0, 0.05) is 11.6 Å². The molecular formula is C22H21ClN2O6. The van der Waals surface area contributed by atoms with Crippen LogP contribution in [0, 0.1) is 0 Å². The molecule has 162 valence electrons. The molecule has 2 aromatic carbocycles. The number of aromatic nitrogens is 2. The topological polar surface area (TPSA) is 88.9 Å². The third-order valence-corrected chi connectivity index (χ3v) is 4.78. The molecule has 9 heteroatoms. The lowest BCUT2D eigenvalue weighted by molar-refractivity contribution is 0.0549. The van der Waals surface area contributed by atoms with Crippen molar-refractivity contribution in [2.45, 2.75) is 6.92 Å². The zero-order valence-corrected chi connectivity index (χ0v) is 18.2. The Labute approximate surface area is 184 Å². The van der Waals surface area contributed by atoms with E-state index in [0.717, 1.165) is 0 Å². The van der Waals surface area contributed by atoms with Crippen molar-refractivity contribution in [3.63, 3.8) is 0 Å². The quantitative estimate of drug-likeness (QED) is 0.505. The summed E-state index contributed by atoms with van der Waals surface area (Å²) in [6.45, 7) is 2.25. The number of carbonyl (C=O) groups excluding carboxylic acids is 2. The van der Waals surface area contributed by atoms with Gasteiger partial charge in [0.2, 0.25) is 0 Å². The average molecular weight is 445 g/mol. The SMILES string of the molecule is CCOc1cc(Cl)c(-c2nn(-c3ccccc3)c(C(=O)OC)c2C(=O)OC)cc1OC. The third kappa shape index (κ3) is 4.20. The Bertz CT molecular complexity index is 1110. The molecule has 31 heavy (non-hydrogen) atoms. The van der Waals surface area contributed by atoms with Crippen molar-refractivity contribution in [3.05, 3.63) is 58.7 Å². The Morgan fingerprint density at radius 2 is 1.68 bits per heavy atom. The molecule has 0 N–H and O–H groups in total. The maximum atomic E-state index is 12.7. The molecule has 0 spiro atoms. The molecule has 0 aliphatic carbocycles. The summed E-state index contributed by atoms with van der Waals surface area (Å²) in [7, 11) is 3.92. The van der Waals surface area contributed by atoms with Gasteiger partial charge in [0.25, 0.3) is 0 Å². The molecule has 1 aromatic heterocycles. The van der Waals surface area contributed by atoms with E-state index in [1.54, 1.807) is 36.4 Å². The van der Waals surface area contributed by atoms with Gasteiger partial charge in [0.1, 0.15) is 11.3 Å². The number of methoxy groups -OCH3 is 3. The lowest BCUT2D eigenvalue weighted by Crippen LogP contribution is -2.15. The molecule has 8 nitrogen and oxygen atoms in total. The highest BCUT2D eigenvalue weighted by atomic mass is 35.5. The van der Waals surface area contributed by atoms with Gasteiger partial charge >= 0.3 is 11.9 Å². The average Bonchev–Trinajstić information content (AvgIpc) is 3.19. The Balaban J connectivity index is 2.36. The number of esters is 2. The minimum absolute atomic E-state index is 0.0775. The van der Waals surface area contributed by atoms with E-state index in [1.165, 1.54) is 26.0 Å². The molecule has 0 fully saturated rings. The normalized spacial score (nSPS) is 10.5. The summed E-state index contributed by atoms with van der Waals surface area (Å²) in [5.41, 5.74) is 0.892. The molecule has 0 saturated heterocycles. The van der Waals surface area contributed by atoms with Crippen molar-refractivity contribution in [1.29, 1.82) is 0 Å². The summed E-state index contributed by atoms with van der Waals surface area (Å²) >= 11 is 6.52. The first kappa shape index (κ1) is 22.2. The highest BCUT2D eigenvalue weighted by Gasteiger charge is 2.32. The number of benzene rings is 2. The molecule has 0 atom stereocenters. The molecule has 1 heterocycles. The molecule has 0 radical (unpaired) electrons. The molecule has 0 aliphatic rings. The smallest absolute Gasteiger partial charge is 0.357 e. The van der Waals surface area contributed by atoms with Gasteiger partial charge in [-0.2, -0.15) is 5.10 Å². The number of hydrogen-bond acceptors (Lipinski definition) is 7. The lowest BCUT2D eigenvalue weighted by Gasteiger charge is -2.12. The van der Waals surface area contributed by atoms with E-state index in [1.807, 2.05) is 13.0 Å². The van der Waals surface area contributed by atoms with Gasteiger partial charge in [-0.1, -0.05) is 29.8 Å². The molecule has 0 aliphatic heterocycles. The van der Waals surface area contributed by atoms with Crippen molar-refractivity contribution in [2.24, 2.45) is 0 Å². The van der Waals surface area contributed by atoms with Gasteiger partial charge < -0.3 is 18.9 Å². The summed E-state index contributed by atoms with van der Waals surface area (Å²) in [5, 5.41) is 4.79. The molecule has 0 bridgehead atoms. The van der Waals surface area contributed by atoms with Gasteiger partial charge in [-0.05, 0) is 25.1 Å². The summed E-state index contributed by atoms with van der Waals surface area (Å²) in [4.78, 5) is 25.4. The van der Waals surface area contributed by atoms with E-state index in [9.17, 15) is 9.59 Å². The van der Waals surface area contributed by atoms with E-state index in [4.69, 9.17) is 30.5 Å². The highest BCUT2D eigenvalue weighted by Crippen LogP contribution is 2.40. The second-order valence-electron chi connectivity index (χ2n) is 6.22. The number of halogens is 1. The monoisotopic (exact) mass is 444 g/mol. The van der Waals surface area contributed by atoms with Crippen LogP contribution < -0.4 is 9.47 Å². The summed E-state index contributed by atoms with van der Waals surface area (Å²) in [6, 6.07) is 12.0. The zero-order valence-electron chi connectivity index (χ0n) is 17.5. The van der Waals surface area contributed by atoms with Crippen molar-refractivity contribution in [3.8, 4) is 28.4 Å². The van der Waals surface area contributed by atoms with Gasteiger partial charge in [-0.3, -0.25) is 0 Å². The maximum absolute atomic E-state index is 12.7. The van der Waals surface area contributed by atoms with E-state index < -0.39 is 11.9 Å². The first-order valence-corrected chi connectivity index (χ1v) is 9.70. The Morgan fingerprint density at radius 3 is 2.26 bits per heavy atom. The fourth-order valence-corrected chi connectivity index (χ4v) is 3.33. The molecule has 3 aromatic rings. The van der Waals surface area contributed by atoms with E-state index in [0.29, 0.717) is 29.4 Å². The van der Waals surface area contributed by atoms with Crippen molar-refractivity contribution in [1.82, 2.24) is 9.78 Å². The van der Waals surface area contributed by atoms with Crippen molar-refractivity contribution >= 4 is 23.5 Å². The highest BCUT2D eigenvalue weighted by molar-refractivity contribution is 6.33. The first-order chi connectivity index (χ1) is 15.0. The third-order valence-electron chi connectivity index (χ3n) is 4.46. The van der Waals surface area contributed by atoms with Crippen LogP contribution in [0.5, 0.6) is 11.5 Å². The molecular weight excluding hydrogens is 424 g/mol. The maximum Gasteiger partial charge on any atom is 0.357 e. The van der Waals surface area contributed by atoms with E-state index in [-0.39, 0.29) is 22.0 Å². The molecule has 0 saturated carbocycles. The summed E-state index contributed by atoms with van der Waals surface area (Å²) in [6.07, 6.45) is 0.